The Morgan fingerprint density at radius 1 is 1.14 bits per heavy atom. The summed E-state index contributed by atoms with van der Waals surface area (Å²) in [5.41, 5.74) is 0.215. The van der Waals surface area contributed by atoms with E-state index < -0.39 is 11.2 Å². The first-order chi connectivity index (χ1) is 10.1. The highest BCUT2D eigenvalue weighted by Gasteiger charge is 2.16. The van der Waals surface area contributed by atoms with Crippen LogP contribution in [0.15, 0.2) is 50.7 Å². The Hall–Kier alpha value is -1.82. The van der Waals surface area contributed by atoms with E-state index in [2.05, 4.69) is 4.98 Å². The van der Waals surface area contributed by atoms with E-state index in [1.54, 1.807) is 41.1 Å². The lowest BCUT2D eigenvalue weighted by molar-refractivity contribution is 0.883. The molecule has 2 aromatic heterocycles. The summed E-state index contributed by atoms with van der Waals surface area (Å²) in [6.45, 7) is 0. The fourth-order valence-electron chi connectivity index (χ4n) is 2.02. The Balaban J connectivity index is 2.35. The minimum atomic E-state index is -0.575. The molecule has 0 bridgehead atoms. The van der Waals surface area contributed by atoms with Gasteiger partial charge in [0.1, 0.15) is 5.15 Å². The smallest absolute Gasteiger partial charge is 0.297 e. The lowest BCUT2D eigenvalue weighted by Gasteiger charge is -2.08. The van der Waals surface area contributed by atoms with Gasteiger partial charge in [-0.25, -0.2) is 9.36 Å². The summed E-state index contributed by atoms with van der Waals surface area (Å²) in [4.78, 5) is 27.1. The van der Waals surface area contributed by atoms with Gasteiger partial charge in [0.05, 0.1) is 11.3 Å². The number of H-pyrrole nitrogens is 1. The van der Waals surface area contributed by atoms with Gasteiger partial charge in [0, 0.05) is 10.4 Å². The zero-order chi connectivity index (χ0) is 15.0. The monoisotopic (exact) mass is 338 g/mol. The standard InChI is InChI=1S/C14H8Cl2N2O2S/c15-9-3-1-2-8(6-9)11-12(16)17-14(20)18(13(11)19)10-4-5-21-7-10/h1-7H,(H,17,20). The van der Waals surface area contributed by atoms with Gasteiger partial charge in [-0.1, -0.05) is 35.3 Å². The van der Waals surface area contributed by atoms with Gasteiger partial charge in [-0.15, -0.1) is 0 Å². The molecule has 4 nitrogen and oxygen atoms in total. The third-order valence-corrected chi connectivity index (χ3v) is 4.12. The van der Waals surface area contributed by atoms with Crippen molar-refractivity contribution in [1.82, 2.24) is 9.55 Å². The number of aromatic amines is 1. The van der Waals surface area contributed by atoms with Crippen molar-refractivity contribution in [2.24, 2.45) is 0 Å². The molecule has 0 amide bonds. The van der Waals surface area contributed by atoms with Gasteiger partial charge in [-0.3, -0.25) is 9.78 Å². The second-order valence-electron chi connectivity index (χ2n) is 4.25. The molecule has 7 heteroatoms. The highest BCUT2D eigenvalue weighted by Crippen LogP contribution is 2.24. The van der Waals surface area contributed by atoms with Crippen molar-refractivity contribution in [2.45, 2.75) is 0 Å². The first-order valence-electron chi connectivity index (χ1n) is 5.91. The van der Waals surface area contributed by atoms with Gasteiger partial charge in [-0.2, -0.15) is 11.3 Å². The molecule has 0 aliphatic heterocycles. The average molecular weight is 339 g/mol. The third-order valence-electron chi connectivity index (χ3n) is 2.93. The third kappa shape index (κ3) is 2.55. The maximum atomic E-state index is 12.6. The summed E-state index contributed by atoms with van der Waals surface area (Å²) in [5, 5.41) is 3.98. The van der Waals surface area contributed by atoms with Gasteiger partial charge in [0.25, 0.3) is 5.56 Å². The summed E-state index contributed by atoms with van der Waals surface area (Å²) in [6, 6.07) is 8.44. The molecule has 1 aromatic carbocycles. The minimum absolute atomic E-state index is 0.00116. The first-order valence-corrected chi connectivity index (χ1v) is 7.61. The van der Waals surface area contributed by atoms with Crippen LogP contribution < -0.4 is 11.2 Å². The van der Waals surface area contributed by atoms with Gasteiger partial charge < -0.3 is 0 Å². The van der Waals surface area contributed by atoms with Crippen LogP contribution in [0.3, 0.4) is 0 Å². The number of hydrogen-bond donors (Lipinski definition) is 1. The maximum Gasteiger partial charge on any atom is 0.334 e. The zero-order valence-electron chi connectivity index (χ0n) is 10.5. The molecule has 106 valence electrons. The van der Waals surface area contributed by atoms with Gasteiger partial charge >= 0.3 is 5.69 Å². The molecule has 0 spiro atoms. The van der Waals surface area contributed by atoms with Crippen LogP contribution in [-0.2, 0) is 0 Å². The van der Waals surface area contributed by atoms with Crippen LogP contribution in [0.2, 0.25) is 10.2 Å². The SMILES string of the molecule is O=c1[nH]c(Cl)c(-c2cccc(Cl)c2)c(=O)n1-c1ccsc1. The van der Waals surface area contributed by atoms with E-state index in [9.17, 15) is 9.59 Å². The van der Waals surface area contributed by atoms with Crippen LogP contribution in [0.25, 0.3) is 16.8 Å². The minimum Gasteiger partial charge on any atom is -0.297 e. The van der Waals surface area contributed by atoms with Crippen LogP contribution in [0.1, 0.15) is 0 Å². The Labute approximate surface area is 133 Å². The fourth-order valence-corrected chi connectivity index (χ4v) is 3.10. The van der Waals surface area contributed by atoms with Crippen molar-refractivity contribution in [3.05, 3.63) is 72.1 Å². The van der Waals surface area contributed by atoms with Crippen LogP contribution >= 0.6 is 34.5 Å². The summed E-state index contributed by atoms with van der Waals surface area (Å²) < 4.78 is 1.05. The first kappa shape index (κ1) is 14.1. The Kier molecular flexibility index (Phi) is 3.71. The largest absolute Gasteiger partial charge is 0.334 e. The van der Waals surface area contributed by atoms with Gasteiger partial charge in [-0.05, 0) is 29.1 Å². The van der Waals surface area contributed by atoms with Gasteiger partial charge in [0.2, 0.25) is 0 Å². The number of thiophene rings is 1. The fraction of sp³-hybridized carbons (Fsp3) is 0. The second kappa shape index (κ2) is 5.52. The quantitative estimate of drug-likeness (QED) is 0.726. The van der Waals surface area contributed by atoms with Crippen molar-refractivity contribution in [2.75, 3.05) is 0 Å². The van der Waals surface area contributed by atoms with Crippen molar-refractivity contribution in [3.8, 4) is 16.8 Å². The van der Waals surface area contributed by atoms with E-state index in [1.165, 1.54) is 11.3 Å². The topological polar surface area (TPSA) is 54.9 Å². The Morgan fingerprint density at radius 2 is 1.95 bits per heavy atom. The van der Waals surface area contributed by atoms with Crippen molar-refractivity contribution in [1.29, 1.82) is 0 Å². The molecular formula is C14H8Cl2N2O2S. The molecule has 21 heavy (non-hydrogen) atoms. The molecule has 0 saturated carbocycles. The van der Waals surface area contributed by atoms with E-state index in [0.29, 0.717) is 16.3 Å². The van der Waals surface area contributed by atoms with E-state index >= 15 is 0 Å². The summed E-state index contributed by atoms with van der Waals surface area (Å²) in [5.74, 6) is 0. The van der Waals surface area contributed by atoms with Crippen LogP contribution in [0, 0.1) is 0 Å². The van der Waals surface area contributed by atoms with Crippen LogP contribution in [0.4, 0.5) is 0 Å². The Bertz CT molecular complexity index is 913. The summed E-state index contributed by atoms with van der Waals surface area (Å²) in [6.07, 6.45) is 0. The van der Waals surface area contributed by atoms with E-state index in [0.717, 1.165) is 4.57 Å². The predicted octanol–water partition coefficient (Wildman–Crippen LogP) is 3.56. The Morgan fingerprint density at radius 3 is 2.62 bits per heavy atom. The molecule has 0 fully saturated rings. The van der Waals surface area contributed by atoms with Crippen LogP contribution in [-0.4, -0.2) is 9.55 Å². The number of nitrogens with one attached hydrogen (secondary N) is 1. The number of hydrogen-bond acceptors (Lipinski definition) is 3. The number of aromatic nitrogens is 2. The normalized spacial score (nSPS) is 10.8. The maximum absolute atomic E-state index is 12.6. The molecule has 2 heterocycles. The number of nitrogens with zero attached hydrogens (tertiary/aromatic N) is 1. The lowest BCUT2D eigenvalue weighted by Crippen LogP contribution is -2.34. The highest BCUT2D eigenvalue weighted by molar-refractivity contribution is 7.08. The van der Waals surface area contributed by atoms with Gasteiger partial charge in [0.15, 0.2) is 0 Å². The molecule has 3 rings (SSSR count). The van der Waals surface area contributed by atoms with Crippen molar-refractivity contribution < 1.29 is 0 Å². The summed E-state index contributed by atoms with van der Waals surface area (Å²) in [7, 11) is 0. The zero-order valence-corrected chi connectivity index (χ0v) is 12.8. The average Bonchev–Trinajstić information content (AvgIpc) is 2.92. The molecule has 0 saturated heterocycles. The molecule has 1 N–H and O–H groups in total. The number of rotatable bonds is 2. The second-order valence-corrected chi connectivity index (χ2v) is 5.85. The van der Waals surface area contributed by atoms with E-state index in [4.69, 9.17) is 23.2 Å². The van der Waals surface area contributed by atoms with Crippen molar-refractivity contribution >= 4 is 34.5 Å². The predicted molar refractivity (Wildman–Crippen MR) is 86.0 cm³/mol. The van der Waals surface area contributed by atoms with Crippen LogP contribution in [0.5, 0.6) is 0 Å². The highest BCUT2D eigenvalue weighted by atomic mass is 35.5. The molecule has 3 aromatic rings. The van der Waals surface area contributed by atoms with E-state index in [1.807, 2.05) is 0 Å². The molecule has 0 radical (unpaired) electrons. The molecule has 0 unspecified atom stereocenters. The lowest BCUT2D eigenvalue weighted by atomic mass is 10.1. The van der Waals surface area contributed by atoms with Crippen molar-refractivity contribution in [3.63, 3.8) is 0 Å². The molecule has 0 aliphatic rings. The van der Waals surface area contributed by atoms with E-state index in [-0.39, 0.29) is 10.7 Å². The molecular weight excluding hydrogens is 331 g/mol. The molecule has 0 aliphatic carbocycles. The number of halogens is 2. The number of benzene rings is 1. The molecule has 0 atom stereocenters. The summed E-state index contributed by atoms with van der Waals surface area (Å²) >= 11 is 13.4.